The molecule has 1 aromatic rings. The Morgan fingerprint density at radius 1 is 1.33 bits per heavy atom. The van der Waals surface area contributed by atoms with Crippen molar-refractivity contribution in [1.82, 2.24) is 0 Å². The highest BCUT2D eigenvalue weighted by molar-refractivity contribution is 6.71. The fourth-order valence-electron chi connectivity index (χ4n) is 1.47. The number of unbranched alkanes of at least 4 members (excludes halogenated alkanes) is 1. The Morgan fingerprint density at radius 2 is 2.13 bits per heavy atom. The lowest BCUT2D eigenvalue weighted by molar-refractivity contribution is 0.293. The van der Waals surface area contributed by atoms with Crippen molar-refractivity contribution in [2.45, 2.75) is 45.5 Å². The van der Waals surface area contributed by atoms with Crippen LogP contribution in [0.25, 0.3) is 0 Å². The van der Waals surface area contributed by atoms with Crippen LogP contribution in [0.4, 0.5) is 0 Å². The predicted molar refractivity (Wildman–Crippen MR) is 67.3 cm³/mol. The average molecular weight is 221 g/mol. The molecule has 0 aliphatic rings. The van der Waals surface area contributed by atoms with E-state index >= 15 is 0 Å². The summed E-state index contributed by atoms with van der Waals surface area (Å²) in [5.74, 6) is 0. The van der Waals surface area contributed by atoms with E-state index in [4.69, 9.17) is 4.43 Å². The molecule has 0 spiro atoms. The summed E-state index contributed by atoms with van der Waals surface area (Å²) in [7, 11) is -1.43. The lowest BCUT2D eigenvalue weighted by Crippen LogP contribution is -2.29. The normalized spacial score (nSPS) is 11.7. The van der Waals surface area contributed by atoms with Gasteiger partial charge in [0.1, 0.15) is 0 Å². The summed E-state index contributed by atoms with van der Waals surface area (Å²) in [6.07, 6.45) is 2.55. The molecule has 0 saturated carbocycles. The molecule has 1 aromatic carbocycles. The highest BCUT2D eigenvalue weighted by Gasteiger charge is 2.21. The fraction of sp³-hybridized carbons (Fsp3) is 0.538. The van der Waals surface area contributed by atoms with Crippen molar-refractivity contribution in [3.8, 4) is 0 Å². The molecule has 0 aliphatic carbocycles. The van der Waals surface area contributed by atoms with Gasteiger partial charge < -0.3 is 4.43 Å². The fourth-order valence-corrected chi connectivity index (χ4v) is 3.36. The van der Waals surface area contributed by atoms with E-state index in [0.717, 1.165) is 12.2 Å². The molecule has 1 rings (SSSR count). The first-order valence-electron chi connectivity index (χ1n) is 5.73. The summed E-state index contributed by atoms with van der Waals surface area (Å²) in [4.78, 5) is 0. The lowest BCUT2D eigenvalue weighted by Gasteiger charge is -2.22. The van der Waals surface area contributed by atoms with Gasteiger partial charge in [0.15, 0.2) is 8.32 Å². The third-order valence-electron chi connectivity index (χ3n) is 2.52. The second-order valence-electron chi connectivity index (χ2n) is 4.54. The van der Waals surface area contributed by atoms with Gasteiger partial charge in [0, 0.05) is 0 Å². The molecule has 0 N–H and O–H groups in total. The van der Waals surface area contributed by atoms with Crippen molar-refractivity contribution in [3.05, 3.63) is 35.9 Å². The Labute approximate surface area is 94.6 Å². The molecule has 15 heavy (non-hydrogen) atoms. The van der Waals surface area contributed by atoms with Gasteiger partial charge in [-0.1, -0.05) is 44.0 Å². The Kier molecular flexibility index (Phi) is 5.06. The zero-order chi connectivity index (χ0) is 11.1. The molecule has 83 valence electrons. The van der Waals surface area contributed by atoms with Gasteiger partial charge >= 0.3 is 0 Å². The molecule has 0 heterocycles. The smallest absolute Gasteiger partial charge is 0.187 e. The first-order valence-corrected chi connectivity index (χ1v) is 8.85. The van der Waals surface area contributed by atoms with Crippen LogP contribution in [0.2, 0.25) is 19.1 Å². The van der Waals surface area contributed by atoms with Crippen LogP contribution in [-0.4, -0.2) is 8.32 Å². The van der Waals surface area contributed by atoms with Crippen LogP contribution < -0.4 is 0 Å². The molecule has 1 radical (unpaired) electrons. The van der Waals surface area contributed by atoms with Crippen LogP contribution in [0.15, 0.2) is 24.3 Å². The molecule has 0 amide bonds. The maximum atomic E-state index is 6.03. The van der Waals surface area contributed by atoms with E-state index in [0.29, 0.717) is 0 Å². The van der Waals surface area contributed by atoms with E-state index in [1.807, 2.05) is 18.2 Å². The van der Waals surface area contributed by atoms with Gasteiger partial charge in [0.05, 0.1) is 6.61 Å². The van der Waals surface area contributed by atoms with Crippen molar-refractivity contribution >= 4 is 8.32 Å². The molecule has 0 fully saturated rings. The van der Waals surface area contributed by atoms with E-state index in [1.54, 1.807) is 0 Å². The molecule has 0 bridgehead atoms. The van der Waals surface area contributed by atoms with Gasteiger partial charge in [-0.3, -0.25) is 0 Å². The first-order chi connectivity index (χ1) is 7.14. The standard InChI is InChI=1S/C13H21OSi/c1-4-5-11-15(2,3)14-12-13-9-7-6-8-10-13/h6-9H,4-5,11-12H2,1-3H3. The summed E-state index contributed by atoms with van der Waals surface area (Å²) in [6, 6.07) is 12.5. The van der Waals surface area contributed by atoms with Gasteiger partial charge in [-0.25, -0.2) is 0 Å². The largest absolute Gasteiger partial charge is 0.413 e. The lowest BCUT2D eigenvalue weighted by atomic mass is 10.2. The number of hydrogen-bond donors (Lipinski definition) is 0. The third-order valence-corrected chi connectivity index (χ3v) is 5.01. The van der Waals surface area contributed by atoms with E-state index in [2.05, 4.69) is 32.2 Å². The molecule has 0 unspecified atom stereocenters. The number of benzene rings is 1. The molecular weight excluding hydrogens is 200 g/mol. The summed E-state index contributed by atoms with van der Waals surface area (Å²) in [5, 5.41) is 0. The van der Waals surface area contributed by atoms with Crippen molar-refractivity contribution in [2.24, 2.45) is 0 Å². The van der Waals surface area contributed by atoms with Gasteiger partial charge in [0.2, 0.25) is 0 Å². The van der Waals surface area contributed by atoms with E-state index in [9.17, 15) is 0 Å². The van der Waals surface area contributed by atoms with Crippen molar-refractivity contribution in [1.29, 1.82) is 0 Å². The van der Waals surface area contributed by atoms with Crippen LogP contribution >= 0.6 is 0 Å². The topological polar surface area (TPSA) is 9.23 Å². The number of rotatable bonds is 6. The van der Waals surface area contributed by atoms with Gasteiger partial charge in [-0.05, 0) is 30.8 Å². The molecule has 0 atom stereocenters. The molecule has 0 aromatic heterocycles. The van der Waals surface area contributed by atoms with Crippen molar-refractivity contribution in [3.63, 3.8) is 0 Å². The molecule has 1 nitrogen and oxygen atoms in total. The molecule has 0 aliphatic heterocycles. The zero-order valence-electron chi connectivity index (χ0n) is 10.0. The first kappa shape index (κ1) is 12.5. The average Bonchev–Trinajstić information content (AvgIpc) is 2.25. The van der Waals surface area contributed by atoms with E-state index in [-0.39, 0.29) is 0 Å². The van der Waals surface area contributed by atoms with Gasteiger partial charge in [-0.15, -0.1) is 0 Å². The van der Waals surface area contributed by atoms with Gasteiger partial charge in [0.25, 0.3) is 0 Å². The summed E-state index contributed by atoms with van der Waals surface area (Å²) in [6.45, 7) is 7.55. The minimum atomic E-state index is -1.43. The Balaban J connectivity index is 2.35. The summed E-state index contributed by atoms with van der Waals surface area (Å²) < 4.78 is 6.03. The Bertz CT molecular complexity index is 269. The van der Waals surface area contributed by atoms with Crippen molar-refractivity contribution in [2.75, 3.05) is 0 Å². The second kappa shape index (κ2) is 6.08. The maximum Gasteiger partial charge on any atom is 0.187 e. The highest BCUT2D eigenvalue weighted by Crippen LogP contribution is 2.16. The van der Waals surface area contributed by atoms with E-state index < -0.39 is 8.32 Å². The Hall–Kier alpha value is -0.603. The van der Waals surface area contributed by atoms with E-state index in [1.165, 1.54) is 18.9 Å². The van der Waals surface area contributed by atoms with Crippen LogP contribution in [0, 0.1) is 6.07 Å². The third kappa shape index (κ3) is 5.14. The molecule has 2 heteroatoms. The zero-order valence-corrected chi connectivity index (χ0v) is 11.0. The summed E-state index contributed by atoms with van der Waals surface area (Å²) >= 11 is 0. The quantitative estimate of drug-likeness (QED) is 0.660. The Morgan fingerprint density at radius 3 is 2.73 bits per heavy atom. The highest BCUT2D eigenvalue weighted by atomic mass is 28.4. The monoisotopic (exact) mass is 221 g/mol. The number of hydrogen-bond acceptors (Lipinski definition) is 1. The predicted octanol–water partition coefficient (Wildman–Crippen LogP) is 4.01. The minimum Gasteiger partial charge on any atom is -0.413 e. The summed E-state index contributed by atoms with van der Waals surface area (Å²) in [5.41, 5.74) is 1.16. The molecule has 0 saturated heterocycles. The van der Waals surface area contributed by atoms with Gasteiger partial charge in [-0.2, -0.15) is 0 Å². The second-order valence-corrected chi connectivity index (χ2v) is 8.85. The van der Waals surface area contributed by atoms with Crippen molar-refractivity contribution < 1.29 is 4.43 Å². The SMILES string of the molecule is CCCC[Si](C)(C)OCc1[c]cccc1. The minimum absolute atomic E-state index is 0.726. The molecular formula is C13H21OSi. The van der Waals surface area contributed by atoms with Crippen LogP contribution in [0.1, 0.15) is 25.3 Å². The van der Waals surface area contributed by atoms with Crippen LogP contribution in [0.5, 0.6) is 0 Å². The maximum absolute atomic E-state index is 6.03. The van der Waals surface area contributed by atoms with Crippen LogP contribution in [0.3, 0.4) is 0 Å². The van der Waals surface area contributed by atoms with Crippen LogP contribution in [-0.2, 0) is 11.0 Å².